The fourth-order valence-corrected chi connectivity index (χ4v) is 4.08. The summed E-state index contributed by atoms with van der Waals surface area (Å²) < 4.78 is 1.07. The van der Waals surface area contributed by atoms with Crippen molar-refractivity contribution in [3.8, 4) is 11.1 Å². The van der Waals surface area contributed by atoms with Crippen LogP contribution in [0, 0.1) is 0 Å². The molecule has 0 atom stereocenters. The molecule has 0 spiro atoms. The number of para-hydroxylation sites is 1. The normalized spacial score (nSPS) is 10.8. The first kappa shape index (κ1) is 14.1. The molecule has 0 aliphatic carbocycles. The number of carbonyl (C=O) groups excluding carboxylic acids is 1. The maximum Gasteiger partial charge on any atom is 0.268 e. The number of carbonyl (C=O) groups is 1. The van der Waals surface area contributed by atoms with Gasteiger partial charge in [-0.1, -0.05) is 53.8 Å². The SMILES string of the molecule is O=C(Nc1nc2ccccc2s1)c1sccc1-c1ccccc1. The Balaban J connectivity index is 1.64. The molecule has 1 amide bonds. The maximum atomic E-state index is 12.6. The third-order valence-electron chi connectivity index (χ3n) is 3.47. The Bertz CT molecular complexity index is 940. The van der Waals surface area contributed by atoms with E-state index >= 15 is 0 Å². The van der Waals surface area contributed by atoms with E-state index in [2.05, 4.69) is 10.3 Å². The van der Waals surface area contributed by atoms with E-state index in [0.29, 0.717) is 10.0 Å². The fraction of sp³-hybridized carbons (Fsp3) is 0. The quantitative estimate of drug-likeness (QED) is 0.553. The van der Waals surface area contributed by atoms with E-state index in [1.807, 2.05) is 66.0 Å². The number of rotatable bonds is 3. The smallest absolute Gasteiger partial charge is 0.268 e. The van der Waals surface area contributed by atoms with Crippen LogP contribution in [0.5, 0.6) is 0 Å². The van der Waals surface area contributed by atoms with Gasteiger partial charge in [-0.2, -0.15) is 0 Å². The van der Waals surface area contributed by atoms with E-state index in [0.717, 1.165) is 21.3 Å². The van der Waals surface area contributed by atoms with E-state index < -0.39 is 0 Å². The molecule has 3 nitrogen and oxygen atoms in total. The Morgan fingerprint density at radius 2 is 1.74 bits per heavy atom. The standard InChI is InChI=1S/C18H12N2OS2/c21-17(20-18-19-14-8-4-5-9-15(14)23-18)16-13(10-11-22-16)12-6-2-1-3-7-12/h1-11H,(H,19,20,21). The molecule has 0 radical (unpaired) electrons. The molecule has 4 rings (SSSR count). The summed E-state index contributed by atoms with van der Waals surface area (Å²) in [6.07, 6.45) is 0. The monoisotopic (exact) mass is 336 g/mol. The summed E-state index contributed by atoms with van der Waals surface area (Å²) in [6.45, 7) is 0. The van der Waals surface area contributed by atoms with Crippen molar-refractivity contribution >= 4 is 43.9 Å². The third kappa shape index (κ3) is 2.76. The van der Waals surface area contributed by atoms with Gasteiger partial charge in [-0.15, -0.1) is 11.3 Å². The molecule has 2 aromatic carbocycles. The minimum Gasteiger partial charge on any atom is -0.297 e. The summed E-state index contributed by atoms with van der Waals surface area (Å²) in [5.41, 5.74) is 2.90. The number of benzene rings is 2. The van der Waals surface area contributed by atoms with Gasteiger partial charge in [-0.25, -0.2) is 4.98 Å². The van der Waals surface area contributed by atoms with Gasteiger partial charge in [0.05, 0.1) is 10.2 Å². The highest BCUT2D eigenvalue weighted by Crippen LogP contribution is 2.30. The lowest BCUT2D eigenvalue weighted by atomic mass is 10.1. The number of nitrogens with one attached hydrogen (secondary N) is 1. The number of amides is 1. The first-order valence-electron chi connectivity index (χ1n) is 7.11. The molecule has 2 heterocycles. The minimum absolute atomic E-state index is 0.113. The predicted octanol–water partition coefficient (Wildman–Crippen LogP) is 5.28. The van der Waals surface area contributed by atoms with Crippen LogP contribution in [-0.4, -0.2) is 10.9 Å². The van der Waals surface area contributed by atoms with Crippen LogP contribution in [0.15, 0.2) is 66.0 Å². The molecule has 0 unspecified atom stereocenters. The zero-order chi connectivity index (χ0) is 15.6. The van der Waals surface area contributed by atoms with Gasteiger partial charge in [-0.05, 0) is 29.1 Å². The Labute approximate surface area is 141 Å². The number of fused-ring (bicyclic) bond motifs is 1. The van der Waals surface area contributed by atoms with Gasteiger partial charge in [0, 0.05) is 5.56 Å². The lowest BCUT2D eigenvalue weighted by Crippen LogP contribution is -2.10. The maximum absolute atomic E-state index is 12.6. The van der Waals surface area contributed by atoms with E-state index in [1.165, 1.54) is 22.7 Å². The molecule has 0 saturated carbocycles. The molecule has 23 heavy (non-hydrogen) atoms. The minimum atomic E-state index is -0.113. The van der Waals surface area contributed by atoms with Crippen LogP contribution in [0.1, 0.15) is 9.67 Å². The first-order valence-corrected chi connectivity index (χ1v) is 8.81. The first-order chi connectivity index (χ1) is 11.3. The van der Waals surface area contributed by atoms with Crippen molar-refractivity contribution in [1.82, 2.24) is 4.98 Å². The highest BCUT2D eigenvalue weighted by atomic mass is 32.1. The molecular weight excluding hydrogens is 324 g/mol. The van der Waals surface area contributed by atoms with Crippen molar-refractivity contribution in [3.63, 3.8) is 0 Å². The van der Waals surface area contributed by atoms with Crippen molar-refractivity contribution in [2.24, 2.45) is 0 Å². The zero-order valence-electron chi connectivity index (χ0n) is 12.0. The van der Waals surface area contributed by atoms with Gasteiger partial charge < -0.3 is 0 Å². The van der Waals surface area contributed by atoms with Crippen LogP contribution in [0.25, 0.3) is 21.3 Å². The van der Waals surface area contributed by atoms with Gasteiger partial charge in [0.1, 0.15) is 4.88 Å². The van der Waals surface area contributed by atoms with Gasteiger partial charge in [0.15, 0.2) is 5.13 Å². The molecule has 2 aromatic heterocycles. The number of thiazole rings is 1. The Morgan fingerprint density at radius 3 is 2.57 bits per heavy atom. The Kier molecular flexibility index (Phi) is 3.65. The van der Waals surface area contributed by atoms with Crippen LogP contribution >= 0.6 is 22.7 Å². The Hall–Kier alpha value is -2.50. The number of thiophene rings is 1. The largest absolute Gasteiger partial charge is 0.297 e. The summed E-state index contributed by atoms with van der Waals surface area (Å²) in [7, 11) is 0. The summed E-state index contributed by atoms with van der Waals surface area (Å²) in [5, 5.41) is 5.49. The molecule has 0 fully saturated rings. The number of nitrogens with zero attached hydrogens (tertiary/aromatic N) is 1. The second kappa shape index (κ2) is 5.95. The zero-order valence-corrected chi connectivity index (χ0v) is 13.7. The van der Waals surface area contributed by atoms with E-state index in [9.17, 15) is 4.79 Å². The lowest BCUT2D eigenvalue weighted by Gasteiger charge is -2.03. The van der Waals surface area contributed by atoms with Crippen LogP contribution in [0.3, 0.4) is 0 Å². The van der Waals surface area contributed by atoms with E-state index in [4.69, 9.17) is 0 Å². The lowest BCUT2D eigenvalue weighted by molar-refractivity contribution is 0.103. The highest BCUT2D eigenvalue weighted by molar-refractivity contribution is 7.22. The summed E-state index contributed by atoms with van der Waals surface area (Å²) in [6, 6.07) is 19.8. The molecule has 1 N–H and O–H groups in total. The molecule has 0 aliphatic rings. The molecule has 0 bridgehead atoms. The van der Waals surface area contributed by atoms with Crippen molar-refractivity contribution in [2.75, 3.05) is 5.32 Å². The average Bonchev–Trinajstić information content (AvgIpc) is 3.22. The second-order valence-electron chi connectivity index (χ2n) is 4.97. The summed E-state index contributed by atoms with van der Waals surface area (Å²) in [5.74, 6) is -0.113. The Morgan fingerprint density at radius 1 is 0.957 bits per heavy atom. The van der Waals surface area contributed by atoms with Crippen molar-refractivity contribution in [1.29, 1.82) is 0 Å². The molecule has 0 aliphatic heterocycles. The predicted molar refractivity (Wildman–Crippen MR) is 97.3 cm³/mol. The van der Waals surface area contributed by atoms with Gasteiger partial charge in [0.2, 0.25) is 0 Å². The number of aromatic nitrogens is 1. The van der Waals surface area contributed by atoms with Gasteiger partial charge in [-0.3, -0.25) is 10.1 Å². The molecule has 0 saturated heterocycles. The molecule has 4 aromatic rings. The fourth-order valence-electron chi connectivity index (χ4n) is 2.41. The third-order valence-corrected chi connectivity index (χ3v) is 5.34. The topological polar surface area (TPSA) is 42.0 Å². The number of hydrogen-bond acceptors (Lipinski definition) is 4. The number of anilines is 1. The van der Waals surface area contributed by atoms with Crippen molar-refractivity contribution < 1.29 is 4.79 Å². The van der Waals surface area contributed by atoms with Crippen molar-refractivity contribution in [2.45, 2.75) is 0 Å². The van der Waals surface area contributed by atoms with Crippen LogP contribution in [-0.2, 0) is 0 Å². The number of hydrogen-bond donors (Lipinski definition) is 1. The summed E-state index contributed by atoms with van der Waals surface area (Å²) >= 11 is 2.93. The average molecular weight is 336 g/mol. The van der Waals surface area contributed by atoms with Crippen LogP contribution in [0.2, 0.25) is 0 Å². The second-order valence-corrected chi connectivity index (χ2v) is 6.92. The van der Waals surface area contributed by atoms with Crippen molar-refractivity contribution in [3.05, 3.63) is 70.9 Å². The van der Waals surface area contributed by atoms with Crippen LogP contribution < -0.4 is 5.32 Å². The van der Waals surface area contributed by atoms with E-state index in [-0.39, 0.29) is 5.91 Å². The summed E-state index contributed by atoms with van der Waals surface area (Å²) in [4.78, 5) is 17.8. The van der Waals surface area contributed by atoms with Crippen LogP contribution in [0.4, 0.5) is 5.13 Å². The molecule has 5 heteroatoms. The van der Waals surface area contributed by atoms with Gasteiger partial charge in [0.25, 0.3) is 5.91 Å². The molecule has 112 valence electrons. The van der Waals surface area contributed by atoms with Gasteiger partial charge >= 0.3 is 0 Å². The van der Waals surface area contributed by atoms with E-state index in [1.54, 1.807) is 0 Å². The molecular formula is C18H12N2OS2. The highest BCUT2D eigenvalue weighted by Gasteiger charge is 2.16.